The molecule has 90 valence electrons. The van der Waals surface area contributed by atoms with Gasteiger partial charge >= 0.3 is 0 Å². The van der Waals surface area contributed by atoms with Gasteiger partial charge in [-0.25, -0.2) is 0 Å². The molecule has 1 aromatic rings. The van der Waals surface area contributed by atoms with Gasteiger partial charge < -0.3 is 10.1 Å². The van der Waals surface area contributed by atoms with Crippen LogP contribution in [0.25, 0.3) is 6.08 Å². The van der Waals surface area contributed by atoms with Gasteiger partial charge in [-0.15, -0.1) is 0 Å². The SMILES string of the molecule is Cc1cc(C)c2c(c1)C=CC1(CCNCC1)O2. The van der Waals surface area contributed by atoms with Crippen molar-refractivity contribution in [3.63, 3.8) is 0 Å². The van der Waals surface area contributed by atoms with Crippen molar-refractivity contribution in [1.29, 1.82) is 0 Å². The minimum atomic E-state index is -0.0573. The van der Waals surface area contributed by atoms with Gasteiger partial charge in [0.15, 0.2) is 0 Å². The highest BCUT2D eigenvalue weighted by Crippen LogP contribution is 2.38. The van der Waals surface area contributed by atoms with E-state index < -0.39 is 0 Å². The van der Waals surface area contributed by atoms with Gasteiger partial charge in [-0.3, -0.25) is 0 Å². The summed E-state index contributed by atoms with van der Waals surface area (Å²) in [7, 11) is 0. The van der Waals surface area contributed by atoms with Crippen LogP contribution < -0.4 is 10.1 Å². The topological polar surface area (TPSA) is 21.3 Å². The smallest absolute Gasteiger partial charge is 0.130 e. The molecule has 0 aromatic heterocycles. The van der Waals surface area contributed by atoms with E-state index in [9.17, 15) is 0 Å². The average molecular weight is 229 g/mol. The third-order valence-corrected chi connectivity index (χ3v) is 3.77. The highest BCUT2D eigenvalue weighted by Gasteiger charge is 2.34. The molecule has 0 saturated carbocycles. The van der Waals surface area contributed by atoms with E-state index in [0.29, 0.717) is 0 Å². The number of rotatable bonds is 0. The van der Waals surface area contributed by atoms with Crippen LogP contribution in [-0.4, -0.2) is 18.7 Å². The monoisotopic (exact) mass is 229 g/mol. The van der Waals surface area contributed by atoms with E-state index in [1.54, 1.807) is 0 Å². The highest BCUT2D eigenvalue weighted by molar-refractivity contribution is 5.64. The molecular formula is C15H19NO. The van der Waals surface area contributed by atoms with Gasteiger partial charge in [0.2, 0.25) is 0 Å². The van der Waals surface area contributed by atoms with Crippen LogP contribution in [0.5, 0.6) is 5.75 Å². The summed E-state index contributed by atoms with van der Waals surface area (Å²) >= 11 is 0. The number of hydrogen-bond acceptors (Lipinski definition) is 2. The molecule has 17 heavy (non-hydrogen) atoms. The van der Waals surface area contributed by atoms with Crippen molar-refractivity contribution >= 4 is 6.08 Å². The molecule has 1 aromatic carbocycles. The average Bonchev–Trinajstić information content (AvgIpc) is 2.32. The minimum absolute atomic E-state index is 0.0573. The Morgan fingerprint density at radius 2 is 1.94 bits per heavy atom. The van der Waals surface area contributed by atoms with E-state index in [1.807, 2.05) is 0 Å². The summed E-state index contributed by atoms with van der Waals surface area (Å²) in [6.07, 6.45) is 6.63. The Balaban J connectivity index is 2.00. The van der Waals surface area contributed by atoms with Crippen LogP contribution in [0.1, 0.15) is 29.5 Å². The zero-order chi connectivity index (χ0) is 11.9. The molecule has 1 spiro atoms. The van der Waals surface area contributed by atoms with Crippen LogP contribution in [0.4, 0.5) is 0 Å². The summed E-state index contributed by atoms with van der Waals surface area (Å²) in [5.74, 6) is 1.08. The fourth-order valence-electron chi connectivity index (χ4n) is 2.85. The Hall–Kier alpha value is -1.28. The molecule has 2 heterocycles. The first-order valence-corrected chi connectivity index (χ1v) is 6.39. The molecule has 0 radical (unpaired) electrons. The number of aryl methyl sites for hydroxylation is 2. The number of hydrogen-bond donors (Lipinski definition) is 1. The fourth-order valence-corrected chi connectivity index (χ4v) is 2.85. The van der Waals surface area contributed by atoms with Crippen LogP contribution in [-0.2, 0) is 0 Å². The molecule has 2 aliphatic rings. The lowest BCUT2D eigenvalue weighted by atomic mass is 9.88. The van der Waals surface area contributed by atoms with E-state index >= 15 is 0 Å². The zero-order valence-corrected chi connectivity index (χ0v) is 10.5. The Bertz CT molecular complexity index is 470. The molecule has 2 nitrogen and oxygen atoms in total. The molecule has 0 bridgehead atoms. The van der Waals surface area contributed by atoms with Crippen LogP contribution >= 0.6 is 0 Å². The Morgan fingerprint density at radius 3 is 2.71 bits per heavy atom. The summed E-state index contributed by atoms with van der Waals surface area (Å²) in [5.41, 5.74) is 3.72. The molecular weight excluding hydrogens is 210 g/mol. The maximum atomic E-state index is 6.32. The van der Waals surface area contributed by atoms with Gasteiger partial charge in [0, 0.05) is 18.4 Å². The first-order valence-electron chi connectivity index (χ1n) is 6.39. The van der Waals surface area contributed by atoms with Crippen LogP contribution in [0.2, 0.25) is 0 Å². The van der Waals surface area contributed by atoms with Crippen molar-refractivity contribution < 1.29 is 4.74 Å². The predicted molar refractivity (Wildman–Crippen MR) is 70.4 cm³/mol. The summed E-state index contributed by atoms with van der Waals surface area (Å²) in [6, 6.07) is 4.40. The number of fused-ring (bicyclic) bond motifs is 1. The number of benzene rings is 1. The van der Waals surface area contributed by atoms with Gasteiger partial charge in [0.1, 0.15) is 11.4 Å². The molecule has 2 heteroatoms. The van der Waals surface area contributed by atoms with Gasteiger partial charge in [-0.1, -0.05) is 17.7 Å². The number of piperidine rings is 1. The third-order valence-electron chi connectivity index (χ3n) is 3.77. The summed E-state index contributed by atoms with van der Waals surface area (Å²) in [5, 5.41) is 3.39. The molecule has 0 amide bonds. The molecule has 0 atom stereocenters. The molecule has 1 saturated heterocycles. The fraction of sp³-hybridized carbons (Fsp3) is 0.467. The summed E-state index contributed by atoms with van der Waals surface area (Å²) in [6.45, 7) is 6.37. The van der Waals surface area contributed by atoms with Crippen LogP contribution in [0.3, 0.4) is 0 Å². The van der Waals surface area contributed by atoms with E-state index in [2.05, 4.69) is 43.4 Å². The first-order chi connectivity index (χ1) is 8.19. The molecule has 1 N–H and O–H groups in total. The highest BCUT2D eigenvalue weighted by atomic mass is 16.5. The normalized spacial score (nSPS) is 21.1. The summed E-state index contributed by atoms with van der Waals surface area (Å²) in [4.78, 5) is 0. The van der Waals surface area contributed by atoms with E-state index in [-0.39, 0.29) is 5.60 Å². The summed E-state index contributed by atoms with van der Waals surface area (Å²) < 4.78 is 6.32. The van der Waals surface area contributed by atoms with Crippen molar-refractivity contribution in [2.24, 2.45) is 0 Å². The lowest BCUT2D eigenvalue weighted by molar-refractivity contribution is 0.0815. The van der Waals surface area contributed by atoms with Gasteiger partial charge in [-0.05, 0) is 44.6 Å². The van der Waals surface area contributed by atoms with Crippen molar-refractivity contribution in [2.75, 3.05) is 13.1 Å². The van der Waals surface area contributed by atoms with Crippen molar-refractivity contribution in [2.45, 2.75) is 32.3 Å². The predicted octanol–water partition coefficient (Wildman–Crippen LogP) is 2.83. The molecule has 3 rings (SSSR count). The Morgan fingerprint density at radius 1 is 1.18 bits per heavy atom. The van der Waals surface area contributed by atoms with E-state index in [1.165, 1.54) is 16.7 Å². The van der Waals surface area contributed by atoms with Crippen molar-refractivity contribution in [1.82, 2.24) is 5.32 Å². The standard InChI is InChI=1S/C15H19NO/c1-11-9-12(2)14-13(10-11)3-4-15(17-14)5-7-16-8-6-15/h3-4,9-10,16H,5-8H2,1-2H3. The quantitative estimate of drug-likeness (QED) is 0.738. The van der Waals surface area contributed by atoms with Crippen LogP contribution in [0.15, 0.2) is 18.2 Å². The van der Waals surface area contributed by atoms with Gasteiger partial charge in [0.25, 0.3) is 0 Å². The number of nitrogens with one attached hydrogen (secondary N) is 1. The molecule has 2 aliphatic heterocycles. The van der Waals surface area contributed by atoms with Crippen molar-refractivity contribution in [3.05, 3.63) is 34.9 Å². The lowest BCUT2D eigenvalue weighted by Gasteiger charge is -2.38. The van der Waals surface area contributed by atoms with E-state index in [4.69, 9.17) is 4.74 Å². The second kappa shape index (κ2) is 3.88. The zero-order valence-electron chi connectivity index (χ0n) is 10.5. The molecule has 0 aliphatic carbocycles. The first kappa shape index (κ1) is 10.8. The molecule has 1 fully saturated rings. The minimum Gasteiger partial charge on any atom is -0.482 e. The third kappa shape index (κ3) is 1.87. The Kier molecular flexibility index (Phi) is 2.48. The Labute approximate surface area is 103 Å². The van der Waals surface area contributed by atoms with Crippen molar-refractivity contribution in [3.8, 4) is 5.75 Å². The number of ether oxygens (including phenoxy) is 1. The van der Waals surface area contributed by atoms with Gasteiger partial charge in [0.05, 0.1) is 0 Å². The second-order valence-corrected chi connectivity index (χ2v) is 5.25. The van der Waals surface area contributed by atoms with Crippen LogP contribution in [0, 0.1) is 13.8 Å². The molecule has 0 unspecified atom stereocenters. The second-order valence-electron chi connectivity index (χ2n) is 5.25. The lowest BCUT2D eigenvalue weighted by Crippen LogP contribution is -2.45. The largest absolute Gasteiger partial charge is 0.482 e. The maximum absolute atomic E-state index is 6.32. The maximum Gasteiger partial charge on any atom is 0.130 e. The van der Waals surface area contributed by atoms with E-state index in [0.717, 1.165) is 31.7 Å². The van der Waals surface area contributed by atoms with Gasteiger partial charge in [-0.2, -0.15) is 0 Å².